The summed E-state index contributed by atoms with van der Waals surface area (Å²) in [6.07, 6.45) is 3.53. The molecule has 1 heterocycles. The first-order valence-corrected chi connectivity index (χ1v) is 7.56. The van der Waals surface area contributed by atoms with Gasteiger partial charge in [0.05, 0.1) is 11.5 Å². The van der Waals surface area contributed by atoms with Crippen LogP contribution in [0.2, 0.25) is 0 Å². The van der Waals surface area contributed by atoms with E-state index in [-0.39, 0.29) is 17.4 Å². The molecule has 4 heteroatoms. The van der Waals surface area contributed by atoms with Gasteiger partial charge in [-0.2, -0.15) is 5.26 Å². The number of carbonyl (C=O) groups is 1. The van der Waals surface area contributed by atoms with E-state index in [2.05, 4.69) is 11.4 Å². The van der Waals surface area contributed by atoms with Gasteiger partial charge in [0.15, 0.2) is 0 Å². The van der Waals surface area contributed by atoms with E-state index in [0.29, 0.717) is 18.8 Å². The minimum Gasteiger partial charge on any atom is -0.381 e. The predicted molar refractivity (Wildman–Crippen MR) is 79.0 cm³/mol. The molecule has 21 heavy (non-hydrogen) atoms. The van der Waals surface area contributed by atoms with Gasteiger partial charge in [0.25, 0.3) is 5.91 Å². The van der Waals surface area contributed by atoms with Crippen molar-refractivity contribution in [1.82, 2.24) is 5.32 Å². The summed E-state index contributed by atoms with van der Waals surface area (Å²) in [5.74, 6) is -0.0324. The smallest absolute Gasteiger partial charge is 0.251 e. The molecule has 1 aromatic rings. The van der Waals surface area contributed by atoms with Crippen LogP contribution in [0.5, 0.6) is 0 Å². The normalized spacial score (nSPS) is 20.6. The number of amides is 1. The van der Waals surface area contributed by atoms with Crippen molar-refractivity contribution < 1.29 is 9.53 Å². The van der Waals surface area contributed by atoms with Crippen LogP contribution in [0, 0.1) is 18.3 Å². The van der Waals surface area contributed by atoms with E-state index in [9.17, 15) is 10.1 Å². The predicted octanol–water partition coefficient (Wildman–Crippen LogP) is 2.46. The van der Waals surface area contributed by atoms with Crippen molar-refractivity contribution in [3.05, 3.63) is 34.9 Å². The number of carbonyl (C=O) groups excluding carboxylic acids is 1. The van der Waals surface area contributed by atoms with Gasteiger partial charge in [-0.15, -0.1) is 0 Å². The third kappa shape index (κ3) is 2.79. The van der Waals surface area contributed by atoms with E-state index in [1.807, 2.05) is 25.1 Å². The molecule has 4 nitrogen and oxygen atoms in total. The summed E-state index contributed by atoms with van der Waals surface area (Å²) in [5.41, 5.74) is 2.28. The molecular weight excluding hydrogens is 264 g/mol. The van der Waals surface area contributed by atoms with Gasteiger partial charge in [0.1, 0.15) is 0 Å². The first kappa shape index (κ1) is 14.1. The molecule has 1 amide bonds. The Morgan fingerprint density at radius 1 is 1.38 bits per heavy atom. The highest BCUT2D eigenvalue weighted by atomic mass is 16.5. The van der Waals surface area contributed by atoms with E-state index in [4.69, 9.17) is 4.74 Å². The number of aryl methyl sites for hydroxylation is 1. The van der Waals surface area contributed by atoms with Crippen molar-refractivity contribution in [2.24, 2.45) is 0 Å². The van der Waals surface area contributed by atoms with Crippen LogP contribution in [0.15, 0.2) is 18.2 Å². The van der Waals surface area contributed by atoms with Crippen molar-refractivity contribution in [2.75, 3.05) is 13.2 Å². The second kappa shape index (κ2) is 5.50. The maximum atomic E-state index is 12.5. The zero-order chi connectivity index (χ0) is 14.9. The number of nitriles is 1. The van der Waals surface area contributed by atoms with Crippen LogP contribution in [-0.2, 0) is 10.2 Å². The van der Waals surface area contributed by atoms with E-state index in [0.717, 1.165) is 36.8 Å². The number of nitrogens with one attached hydrogen (secondary N) is 1. The van der Waals surface area contributed by atoms with Crippen LogP contribution in [-0.4, -0.2) is 25.2 Å². The first-order valence-electron chi connectivity index (χ1n) is 7.56. The molecule has 1 N–H and O–H groups in total. The summed E-state index contributed by atoms with van der Waals surface area (Å²) in [6, 6.07) is 8.42. The minimum absolute atomic E-state index is 0.0324. The quantitative estimate of drug-likeness (QED) is 0.927. The topological polar surface area (TPSA) is 62.1 Å². The van der Waals surface area contributed by atoms with Gasteiger partial charge in [0, 0.05) is 24.8 Å². The van der Waals surface area contributed by atoms with Crippen LogP contribution in [0.4, 0.5) is 0 Å². The fourth-order valence-corrected chi connectivity index (χ4v) is 2.86. The summed E-state index contributed by atoms with van der Waals surface area (Å²) in [4.78, 5) is 12.5. The standard InChI is InChI=1S/C17H20N2O2/c1-12-2-3-13(17(11-18)6-7-17)10-15(12)16(20)19-14-4-8-21-9-5-14/h2-3,10,14H,4-9H2,1H3,(H,19,20). The molecule has 1 aromatic carbocycles. The lowest BCUT2D eigenvalue weighted by atomic mass is 9.93. The van der Waals surface area contributed by atoms with Crippen molar-refractivity contribution in [3.8, 4) is 6.07 Å². The van der Waals surface area contributed by atoms with Gasteiger partial charge in [-0.25, -0.2) is 0 Å². The molecule has 0 atom stereocenters. The summed E-state index contributed by atoms with van der Waals surface area (Å²) in [5, 5.41) is 12.4. The first-order chi connectivity index (χ1) is 10.1. The Labute approximate surface area is 125 Å². The van der Waals surface area contributed by atoms with E-state index in [1.165, 1.54) is 0 Å². The van der Waals surface area contributed by atoms with Gasteiger partial charge < -0.3 is 10.1 Å². The summed E-state index contributed by atoms with van der Waals surface area (Å²) < 4.78 is 5.31. The molecule has 1 aliphatic heterocycles. The number of rotatable bonds is 3. The molecule has 1 aliphatic carbocycles. The molecule has 0 radical (unpaired) electrons. The van der Waals surface area contributed by atoms with Crippen molar-refractivity contribution >= 4 is 5.91 Å². The van der Waals surface area contributed by atoms with Gasteiger partial charge in [-0.05, 0) is 49.8 Å². The average Bonchev–Trinajstić information content (AvgIpc) is 3.30. The molecule has 0 spiro atoms. The van der Waals surface area contributed by atoms with Gasteiger partial charge in [0.2, 0.25) is 0 Å². The molecule has 0 unspecified atom stereocenters. The summed E-state index contributed by atoms with van der Waals surface area (Å²) in [6.45, 7) is 3.36. The Morgan fingerprint density at radius 3 is 2.71 bits per heavy atom. The Hall–Kier alpha value is -1.86. The highest BCUT2D eigenvalue weighted by Gasteiger charge is 2.45. The van der Waals surface area contributed by atoms with E-state index in [1.54, 1.807) is 0 Å². The Morgan fingerprint density at radius 2 is 2.10 bits per heavy atom. The van der Waals surface area contributed by atoms with Gasteiger partial charge >= 0.3 is 0 Å². The number of nitrogens with zero attached hydrogens (tertiary/aromatic N) is 1. The van der Waals surface area contributed by atoms with Crippen LogP contribution < -0.4 is 5.32 Å². The van der Waals surface area contributed by atoms with Crippen LogP contribution >= 0.6 is 0 Å². The minimum atomic E-state index is -0.346. The third-order valence-corrected chi connectivity index (χ3v) is 4.56. The van der Waals surface area contributed by atoms with Crippen LogP contribution in [0.1, 0.15) is 47.2 Å². The monoisotopic (exact) mass is 284 g/mol. The molecule has 110 valence electrons. The molecule has 0 bridgehead atoms. The van der Waals surface area contributed by atoms with Crippen LogP contribution in [0.3, 0.4) is 0 Å². The highest BCUT2D eigenvalue weighted by Crippen LogP contribution is 2.47. The lowest BCUT2D eigenvalue weighted by Gasteiger charge is -2.23. The van der Waals surface area contributed by atoms with Crippen molar-refractivity contribution in [3.63, 3.8) is 0 Å². The molecule has 1 saturated heterocycles. The Balaban J connectivity index is 1.79. The molecule has 0 aromatic heterocycles. The fourth-order valence-electron chi connectivity index (χ4n) is 2.86. The van der Waals surface area contributed by atoms with E-state index >= 15 is 0 Å². The zero-order valence-electron chi connectivity index (χ0n) is 12.3. The number of hydrogen-bond acceptors (Lipinski definition) is 3. The average molecular weight is 284 g/mol. The zero-order valence-corrected chi connectivity index (χ0v) is 12.3. The highest BCUT2D eigenvalue weighted by molar-refractivity contribution is 5.96. The molecule has 1 saturated carbocycles. The molecule has 3 rings (SSSR count). The fraction of sp³-hybridized carbons (Fsp3) is 0.529. The number of benzene rings is 1. The summed E-state index contributed by atoms with van der Waals surface area (Å²) in [7, 11) is 0. The Bertz CT molecular complexity index is 593. The van der Waals surface area contributed by atoms with Crippen LogP contribution in [0.25, 0.3) is 0 Å². The summed E-state index contributed by atoms with van der Waals surface area (Å²) >= 11 is 0. The third-order valence-electron chi connectivity index (χ3n) is 4.56. The lowest BCUT2D eigenvalue weighted by molar-refractivity contribution is 0.0696. The second-order valence-corrected chi connectivity index (χ2v) is 6.08. The van der Waals surface area contributed by atoms with Crippen molar-refractivity contribution in [1.29, 1.82) is 5.26 Å². The SMILES string of the molecule is Cc1ccc(C2(C#N)CC2)cc1C(=O)NC1CCOCC1. The molecular formula is C17H20N2O2. The van der Waals surface area contributed by atoms with Gasteiger partial charge in [-0.3, -0.25) is 4.79 Å². The lowest BCUT2D eigenvalue weighted by Crippen LogP contribution is -2.39. The maximum absolute atomic E-state index is 12.5. The molecule has 2 fully saturated rings. The number of ether oxygens (including phenoxy) is 1. The van der Waals surface area contributed by atoms with Crippen molar-refractivity contribution in [2.45, 2.75) is 44.1 Å². The Kier molecular flexibility index (Phi) is 3.69. The number of hydrogen-bond donors (Lipinski definition) is 1. The van der Waals surface area contributed by atoms with Gasteiger partial charge in [-0.1, -0.05) is 12.1 Å². The largest absolute Gasteiger partial charge is 0.381 e. The molecule has 2 aliphatic rings. The van der Waals surface area contributed by atoms with E-state index < -0.39 is 0 Å². The second-order valence-electron chi connectivity index (χ2n) is 6.08. The maximum Gasteiger partial charge on any atom is 0.251 e.